The second kappa shape index (κ2) is 13.2. The summed E-state index contributed by atoms with van der Waals surface area (Å²) in [4.78, 5) is 6.72. The molecular weight excluding hydrogens is 474 g/mol. The quantitative estimate of drug-likeness (QED) is 0.322. The van der Waals surface area contributed by atoms with Crippen LogP contribution in [-0.4, -0.2) is 68.9 Å². The number of halogens is 2. The standard InChI is InChI=1S/C20H33FN4O2.HI/c1-5-17(27-19-9-7-6-8-18(19)21)13-24-20(22-4)23-12-15(2)25-10-11-26-14-16(25)3;/h6-9,15-17H,5,10-14H2,1-4H3,(H2,22,23,24);1H. The largest absolute Gasteiger partial charge is 0.486 e. The fourth-order valence-corrected chi connectivity index (χ4v) is 3.18. The molecule has 8 heteroatoms. The van der Waals surface area contributed by atoms with Gasteiger partial charge in [-0.25, -0.2) is 4.39 Å². The van der Waals surface area contributed by atoms with Gasteiger partial charge in [0.15, 0.2) is 17.5 Å². The Kier molecular flexibility index (Phi) is 11.7. The predicted octanol–water partition coefficient (Wildman–Crippen LogP) is 2.88. The molecule has 1 aliphatic rings. The van der Waals surface area contributed by atoms with E-state index in [4.69, 9.17) is 9.47 Å². The molecule has 3 unspecified atom stereocenters. The highest BCUT2D eigenvalue weighted by molar-refractivity contribution is 14.0. The van der Waals surface area contributed by atoms with Gasteiger partial charge in [-0.15, -0.1) is 24.0 Å². The Morgan fingerprint density at radius 2 is 2.07 bits per heavy atom. The van der Waals surface area contributed by atoms with Gasteiger partial charge in [0.1, 0.15) is 6.10 Å². The van der Waals surface area contributed by atoms with E-state index in [-0.39, 0.29) is 41.6 Å². The third kappa shape index (κ3) is 7.71. The van der Waals surface area contributed by atoms with Crippen LogP contribution in [0.2, 0.25) is 0 Å². The highest BCUT2D eigenvalue weighted by Gasteiger charge is 2.23. The van der Waals surface area contributed by atoms with Crippen molar-refractivity contribution < 1.29 is 13.9 Å². The van der Waals surface area contributed by atoms with Crippen LogP contribution >= 0.6 is 24.0 Å². The Morgan fingerprint density at radius 1 is 1.36 bits per heavy atom. The minimum Gasteiger partial charge on any atom is -0.486 e. The normalized spacial score (nSPS) is 20.0. The van der Waals surface area contributed by atoms with Crippen molar-refractivity contribution in [1.29, 1.82) is 0 Å². The first kappa shape index (κ1) is 24.9. The SMILES string of the molecule is CCC(CNC(=NC)NCC(C)N1CCOCC1C)Oc1ccccc1F.I. The Hall–Kier alpha value is -1.13. The highest BCUT2D eigenvalue weighted by atomic mass is 127. The first-order valence-electron chi connectivity index (χ1n) is 9.74. The Balaban J connectivity index is 0.00000392. The maximum Gasteiger partial charge on any atom is 0.191 e. The third-order valence-electron chi connectivity index (χ3n) is 4.86. The molecule has 2 N–H and O–H groups in total. The summed E-state index contributed by atoms with van der Waals surface area (Å²) in [5.74, 6) is 0.661. The van der Waals surface area contributed by atoms with E-state index < -0.39 is 0 Å². The van der Waals surface area contributed by atoms with E-state index in [2.05, 4.69) is 34.4 Å². The monoisotopic (exact) mass is 508 g/mol. The van der Waals surface area contributed by atoms with Crippen molar-refractivity contribution >= 4 is 29.9 Å². The number of guanidine groups is 1. The predicted molar refractivity (Wildman–Crippen MR) is 122 cm³/mol. The smallest absolute Gasteiger partial charge is 0.191 e. The lowest BCUT2D eigenvalue weighted by atomic mass is 10.2. The van der Waals surface area contributed by atoms with Gasteiger partial charge in [-0.3, -0.25) is 9.89 Å². The van der Waals surface area contributed by atoms with E-state index in [9.17, 15) is 4.39 Å². The van der Waals surface area contributed by atoms with Gasteiger partial charge >= 0.3 is 0 Å². The van der Waals surface area contributed by atoms with Crippen molar-refractivity contribution in [2.75, 3.05) is 39.9 Å². The third-order valence-corrected chi connectivity index (χ3v) is 4.86. The van der Waals surface area contributed by atoms with Gasteiger partial charge in [0.2, 0.25) is 0 Å². The number of ether oxygens (including phenoxy) is 2. The Bertz CT molecular complexity index is 605. The molecule has 0 aromatic heterocycles. The summed E-state index contributed by atoms with van der Waals surface area (Å²) >= 11 is 0. The van der Waals surface area contributed by atoms with E-state index in [1.807, 2.05) is 6.92 Å². The Labute approximate surface area is 185 Å². The molecule has 28 heavy (non-hydrogen) atoms. The van der Waals surface area contributed by atoms with Gasteiger partial charge in [-0.1, -0.05) is 19.1 Å². The molecule has 1 saturated heterocycles. The van der Waals surface area contributed by atoms with Gasteiger partial charge in [-0.2, -0.15) is 0 Å². The second-order valence-electron chi connectivity index (χ2n) is 6.92. The van der Waals surface area contributed by atoms with Crippen LogP contribution in [0.3, 0.4) is 0 Å². The number of nitrogens with zero attached hydrogens (tertiary/aromatic N) is 2. The van der Waals surface area contributed by atoms with Gasteiger partial charge < -0.3 is 20.1 Å². The molecule has 1 aromatic rings. The molecule has 160 valence electrons. The summed E-state index contributed by atoms with van der Waals surface area (Å²) in [5, 5.41) is 6.65. The summed E-state index contributed by atoms with van der Waals surface area (Å²) in [6.45, 7) is 10.3. The minimum atomic E-state index is -0.341. The van der Waals surface area contributed by atoms with Crippen molar-refractivity contribution in [3.05, 3.63) is 30.1 Å². The number of para-hydroxylation sites is 1. The maximum absolute atomic E-state index is 13.8. The molecule has 6 nitrogen and oxygen atoms in total. The van der Waals surface area contributed by atoms with Gasteiger partial charge in [0, 0.05) is 32.2 Å². The van der Waals surface area contributed by atoms with Crippen LogP contribution in [0.4, 0.5) is 4.39 Å². The molecule has 3 atom stereocenters. The number of nitrogens with one attached hydrogen (secondary N) is 2. The summed E-state index contributed by atoms with van der Waals surface area (Å²) in [5.41, 5.74) is 0. The molecule has 0 amide bonds. The average molecular weight is 508 g/mol. The van der Waals surface area contributed by atoms with Crippen LogP contribution in [0.15, 0.2) is 29.3 Å². The van der Waals surface area contributed by atoms with E-state index in [0.29, 0.717) is 18.6 Å². The molecule has 1 aliphatic heterocycles. The van der Waals surface area contributed by atoms with E-state index in [0.717, 1.165) is 38.7 Å². The number of rotatable bonds is 8. The summed E-state index contributed by atoms with van der Waals surface area (Å²) in [7, 11) is 1.75. The van der Waals surface area contributed by atoms with E-state index in [1.54, 1.807) is 25.2 Å². The van der Waals surface area contributed by atoms with Crippen LogP contribution in [0, 0.1) is 5.82 Å². The molecule has 0 spiro atoms. The topological polar surface area (TPSA) is 58.1 Å². The minimum absolute atomic E-state index is 0. The molecule has 0 aliphatic carbocycles. The zero-order valence-corrected chi connectivity index (χ0v) is 19.6. The van der Waals surface area contributed by atoms with Crippen molar-refractivity contribution in [3.8, 4) is 5.75 Å². The molecule has 0 radical (unpaired) electrons. The molecule has 1 heterocycles. The number of hydrogen-bond donors (Lipinski definition) is 2. The Morgan fingerprint density at radius 3 is 2.71 bits per heavy atom. The molecule has 1 fully saturated rings. The van der Waals surface area contributed by atoms with Crippen LogP contribution < -0.4 is 15.4 Å². The maximum atomic E-state index is 13.8. The first-order valence-corrected chi connectivity index (χ1v) is 9.74. The lowest BCUT2D eigenvalue weighted by Crippen LogP contribution is -2.53. The lowest BCUT2D eigenvalue weighted by Gasteiger charge is -2.38. The van der Waals surface area contributed by atoms with Crippen LogP contribution in [0.25, 0.3) is 0 Å². The number of aliphatic imine (C=N–C) groups is 1. The fourth-order valence-electron chi connectivity index (χ4n) is 3.18. The van der Waals surface area contributed by atoms with E-state index in [1.165, 1.54) is 6.07 Å². The van der Waals surface area contributed by atoms with Crippen LogP contribution in [-0.2, 0) is 4.74 Å². The van der Waals surface area contributed by atoms with Crippen molar-refractivity contribution in [3.63, 3.8) is 0 Å². The highest BCUT2D eigenvalue weighted by Crippen LogP contribution is 2.17. The first-order chi connectivity index (χ1) is 13.0. The summed E-state index contributed by atoms with van der Waals surface area (Å²) in [6.07, 6.45) is 0.622. The zero-order valence-electron chi connectivity index (χ0n) is 17.3. The van der Waals surface area contributed by atoms with Crippen molar-refractivity contribution in [2.24, 2.45) is 4.99 Å². The van der Waals surface area contributed by atoms with Gasteiger partial charge in [0.25, 0.3) is 0 Å². The van der Waals surface area contributed by atoms with Crippen LogP contribution in [0.1, 0.15) is 27.2 Å². The number of benzene rings is 1. The van der Waals surface area contributed by atoms with Crippen molar-refractivity contribution in [1.82, 2.24) is 15.5 Å². The van der Waals surface area contributed by atoms with Gasteiger partial charge in [-0.05, 0) is 32.4 Å². The molecule has 0 bridgehead atoms. The van der Waals surface area contributed by atoms with E-state index >= 15 is 0 Å². The number of morpholine rings is 1. The fraction of sp³-hybridized carbons (Fsp3) is 0.650. The summed E-state index contributed by atoms with van der Waals surface area (Å²) < 4.78 is 25.1. The second-order valence-corrected chi connectivity index (χ2v) is 6.92. The van der Waals surface area contributed by atoms with Gasteiger partial charge in [0.05, 0.1) is 19.8 Å². The molecule has 2 rings (SSSR count). The van der Waals surface area contributed by atoms with Crippen LogP contribution in [0.5, 0.6) is 5.75 Å². The lowest BCUT2D eigenvalue weighted by molar-refractivity contribution is -0.0174. The molecule has 1 aromatic carbocycles. The van der Waals surface area contributed by atoms with Crippen molar-refractivity contribution in [2.45, 2.75) is 45.4 Å². The number of hydrogen-bond acceptors (Lipinski definition) is 4. The zero-order chi connectivity index (χ0) is 19.6. The molecule has 0 saturated carbocycles. The average Bonchev–Trinajstić information content (AvgIpc) is 2.68. The molecular formula is C20H34FIN4O2. The summed E-state index contributed by atoms with van der Waals surface area (Å²) in [6, 6.07) is 7.28.